The molecule has 0 saturated heterocycles. The van der Waals surface area contributed by atoms with E-state index in [1.807, 2.05) is 24.3 Å². The molecule has 0 atom stereocenters. The number of hydrogen-bond acceptors (Lipinski definition) is 5. The fraction of sp³-hybridized carbons (Fsp3) is 0. The number of carboxylic acids is 1. The third-order valence-corrected chi connectivity index (χ3v) is 4.96. The van der Waals surface area contributed by atoms with Crippen LogP contribution >= 0.6 is 22.9 Å². The first-order chi connectivity index (χ1) is 11.6. The lowest BCUT2D eigenvalue weighted by molar-refractivity contribution is -0.255. The first-order valence-electron chi connectivity index (χ1n) is 7.09. The molecule has 0 aliphatic heterocycles. The molecule has 0 fully saturated rings. The van der Waals surface area contributed by atoms with E-state index in [9.17, 15) is 9.90 Å². The second-order valence-electron chi connectivity index (χ2n) is 5.13. The van der Waals surface area contributed by atoms with Gasteiger partial charge in [-0.2, -0.15) is 0 Å². The molecule has 0 saturated carbocycles. The lowest BCUT2D eigenvalue weighted by Gasteiger charge is -2.06. The maximum absolute atomic E-state index is 11.0. The summed E-state index contributed by atoms with van der Waals surface area (Å²) in [5, 5.41) is 12.2. The molecule has 24 heavy (non-hydrogen) atoms. The van der Waals surface area contributed by atoms with Crippen LogP contribution in [0.4, 0.5) is 0 Å². The lowest BCUT2D eigenvalue weighted by atomic mass is 10.1. The summed E-state index contributed by atoms with van der Waals surface area (Å²) in [7, 11) is 0. The van der Waals surface area contributed by atoms with Crippen LogP contribution in [0.2, 0.25) is 5.02 Å². The molecular weight excluding hydrogens is 346 g/mol. The number of nitrogens with zero attached hydrogens (tertiary/aromatic N) is 1. The summed E-state index contributed by atoms with van der Waals surface area (Å²) in [6.45, 7) is 0. The van der Waals surface area contributed by atoms with E-state index in [0.717, 1.165) is 15.2 Å². The molecule has 2 heterocycles. The second kappa shape index (κ2) is 5.78. The van der Waals surface area contributed by atoms with Gasteiger partial charge in [0.2, 0.25) is 0 Å². The zero-order chi connectivity index (χ0) is 16.7. The van der Waals surface area contributed by atoms with Crippen molar-refractivity contribution >= 4 is 39.1 Å². The Morgan fingerprint density at radius 2 is 1.88 bits per heavy atom. The number of rotatable bonds is 3. The molecule has 0 spiro atoms. The number of aromatic carboxylic acids is 1. The monoisotopic (exact) mass is 354 g/mol. The fourth-order valence-electron chi connectivity index (χ4n) is 2.42. The van der Waals surface area contributed by atoms with Crippen molar-refractivity contribution < 1.29 is 14.3 Å². The smallest absolute Gasteiger partial charge is 0.163 e. The number of halogens is 1. The highest BCUT2D eigenvalue weighted by molar-refractivity contribution is 7.21. The highest BCUT2D eigenvalue weighted by Crippen LogP contribution is 2.36. The summed E-state index contributed by atoms with van der Waals surface area (Å²) in [4.78, 5) is 15.6. The molecule has 4 rings (SSSR count). The summed E-state index contributed by atoms with van der Waals surface area (Å²) in [6.07, 6.45) is 0. The van der Waals surface area contributed by atoms with Crippen LogP contribution in [0.15, 0.2) is 59.0 Å². The molecule has 0 aliphatic rings. The van der Waals surface area contributed by atoms with Crippen LogP contribution in [-0.2, 0) is 0 Å². The average Bonchev–Trinajstić information content (AvgIpc) is 3.21. The van der Waals surface area contributed by atoms with E-state index in [-0.39, 0.29) is 5.56 Å². The molecule has 4 aromatic rings. The molecule has 118 valence electrons. The van der Waals surface area contributed by atoms with Gasteiger partial charge in [-0.3, -0.25) is 0 Å². The van der Waals surface area contributed by atoms with Gasteiger partial charge in [0.25, 0.3) is 0 Å². The normalized spacial score (nSPS) is 11.0. The van der Waals surface area contributed by atoms with E-state index < -0.39 is 5.97 Å². The third kappa shape index (κ3) is 2.58. The van der Waals surface area contributed by atoms with Gasteiger partial charge >= 0.3 is 0 Å². The van der Waals surface area contributed by atoms with Gasteiger partial charge in [0.1, 0.15) is 5.76 Å². The van der Waals surface area contributed by atoms with Crippen molar-refractivity contribution in [2.24, 2.45) is 0 Å². The van der Waals surface area contributed by atoms with Crippen molar-refractivity contribution in [2.75, 3.05) is 0 Å². The SMILES string of the molecule is O=C([O-])c1ccc(Cl)c(-c2ccc(-c3nc4ccccc4s3)o2)c1. The Bertz CT molecular complexity index is 1030. The molecule has 0 radical (unpaired) electrons. The van der Waals surface area contributed by atoms with E-state index in [4.69, 9.17) is 16.0 Å². The molecule has 0 unspecified atom stereocenters. The summed E-state index contributed by atoms with van der Waals surface area (Å²) in [5.74, 6) is -0.163. The number of para-hydroxylation sites is 1. The number of benzene rings is 2. The first kappa shape index (κ1) is 14.9. The van der Waals surface area contributed by atoms with Gasteiger partial charge in [0, 0.05) is 5.56 Å². The first-order valence-corrected chi connectivity index (χ1v) is 8.28. The van der Waals surface area contributed by atoms with E-state index >= 15 is 0 Å². The molecule has 0 amide bonds. The van der Waals surface area contributed by atoms with Crippen LogP contribution in [0.25, 0.3) is 32.3 Å². The maximum atomic E-state index is 11.0. The molecule has 2 aromatic carbocycles. The van der Waals surface area contributed by atoms with Crippen molar-refractivity contribution in [3.05, 3.63) is 65.2 Å². The number of fused-ring (bicyclic) bond motifs is 1. The fourth-order valence-corrected chi connectivity index (χ4v) is 3.55. The van der Waals surface area contributed by atoms with Crippen molar-refractivity contribution in [1.29, 1.82) is 0 Å². The Balaban J connectivity index is 1.77. The number of carbonyl (C=O) groups excluding carboxylic acids is 1. The van der Waals surface area contributed by atoms with Crippen LogP contribution < -0.4 is 5.11 Å². The molecule has 2 aromatic heterocycles. The van der Waals surface area contributed by atoms with Crippen molar-refractivity contribution in [1.82, 2.24) is 4.98 Å². The minimum absolute atomic E-state index is 0.0485. The highest BCUT2D eigenvalue weighted by atomic mass is 35.5. The van der Waals surface area contributed by atoms with Gasteiger partial charge in [-0.1, -0.05) is 29.8 Å². The number of carbonyl (C=O) groups is 1. The van der Waals surface area contributed by atoms with Gasteiger partial charge in [-0.15, -0.1) is 11.3 Å². The van der Waals surface area contributed by atoms with E-state index in [2.05, 4.69) is 4.98 Å². The van der Waals surface area contributed by atoms with Crippen LogP contribution in [0.5, 0.6) is 0 Å². The Morgan fingerprint density at radius 1 is 1.08 bits per heavy atom. The van der Waals surface area contributed by atoms with E-state index in [0.29, 0.717) is 22.1 Å². The number of thiazole rings is 1. The molecule has 4 nitrogen and oxygen atoms in total. The topological polar surface area (TPSA) is 66.2 Å². The average molecular weight is 355 g/mol. The summed E-state index contributed by atoms with van der Waals surface area (Å²) >= 11 is 7.70. The maximum Gasteiger partial charge on any atom is 0.163 e. The zero-order valence-electron chi connectivity index (χ0n) is 12.2. The Hall–Kier alpha value is -2.63. The summed E-state index contributed by atoms with van der Waals surface area (Å²) < 4.78 is 6.92. The third-order valence-electron chi connectivity index (χ3n) is 3.58. The van der Waals surface area contributed by atoms with Gasteiger partial charge in [0.05, 0.1) is 21.2 Å². The van der Waals surface area contributed by atoms with E-state index in [1.54, 1.807) is 12.1 Å². The molecule has 6 heteroatoms. The van der Waals surface area contributed by atoms with Gasteiger partial charge in [0.15, 0.2) is 10.8 Å². The molecule has 0 aliphatic carbocycles. The van der Waals surface area contributed by atoms with Gasteiger partial charge in [-0.05, 0) is 42.0 Å². The largest absolute Gasteiger partial charge is 0.545 e. The molecule has 0 bridgehead atoms. The van der Waals surface area contributed by atoms with Crippen molar-refractivity contribution in [2.45, 2.75) is 0 Å². The molecule has 0 N–H and O–H groups in total. The highest BCUT2D eigenvalue weighted by Gasteiger charge is 2.14. The van der Waals surface area contributed by atoms with Crippen LogP contribution in [0.1, 0.15) is 10.4 Å². The minimum atomic E-state index is -1.26. The predicted molar refractivity (Wildman–Crippen MR) is 92.1 cm³/mol. The summed E-state index contributed by atoms with van der Waals surface area (Å²) in [6, 6.07) is 15.8. The quantitative estimate of drug-likeness (QED) is 0.552. The Labute approximate surface area is 146 Å². The lowest BCUT2D eigenvalue weighted by Crippen LogP contribution is -2.22. The standard InChI is InChI=1S/C18H10ClNO3S/c19-12-6-5-10(18(21)22)9-11(12)14-7-8-15(23-14)17-20-13-3-1-2-4-16(13)24-17/h1-9H,(H,21,22)/p-1. The van der Waals surface area contributed by atoms with Gasteiger partial charge < -0.3 is 14.3 Å². The zero-order valence-corrected chi connectivity index (χ0v) is 13.7. The number of hydrogen-bond donors (Lipinski definition) is 0. The second-order valence-corrected chi connectivity index (χ2v) is 6.57. The number of carboxylic acid groups (broad SMARTS) is 1. The summed E-state index contributed by atoms with van der Waals surface area (Å²) in [5.41, 5.74) is 1.46. The van der Waals surface area contributed by atoms with Crippen molar-refractivity contribution in [3.63, 3.8) is 0 Å². The Kier molecular flexibility index (Phi) is 3.59. The van der Waals surface area contributed by atoms with Gasteiger partial charge in [-0.25, -0.2) is 4.98 Å². The van der Waals surface area contributed by atoms with Crippen LogP contribution in [0.3, 0.4) is 0 Å². The Morgan fingerprint density at radius 3 is 2.67 bits per heavy atom. The minimum Gasteiger partial charge on any atom is -0.545 e. The predicted octanol–water partition coefficient (Wildman–Crippen LogP) is 4.24. The molecular formula is C18H9ClNO3S-. The number of aromatic nitrogens is 1. The number of furan rings is 1. The van der Waals surface area contributed by atoms with Crippen molar-refractivity contribution in [3.8, 4) is 22.1 Å². The van der Waals surface area contributed by atoms with Crippen LogP contribution in [0, 0.1) is 0 Å². The van der Waals surface area contributed by atoms with Crippen LogP contribution in [-0.4, -0.2) is 11.0 Å². The van der Waals surface area contributed by atoms with E-state index in [1.165, 1.54) is 29.5 Å².